The fourth-order valence-electron chi connectivity index (χ4n) is 3.70. The van der Waals surface area contributed by atoms with Crippen molar-refractivity contribution in [3.05, 3.63) is 64.0 Å². The van der Waals surface area contributed by atoms with E-state index < -0.39 is 23.3 Å². The van der Waals surface area contributed by atoms with Gasteiger partial charge >= 0.3 is 0 Å². The van der Waals surface area contributed by atoms with E-state index in [2.05, 4.69) is 5.32 Å². The Morgan fingerprint density at radius 2 is 1.97 bits per heavy atom. The standard InChI is InChI=1S/C23H21Cl2N3O5S3/c24-14-1-2-16(25)17(9-14)35-12-18(30)26-19-21(31)28-20(23(32)33)13(11-36-22(19)28)10-34-15-3-5-27(6-4-15)7-8-29/h1-6,9,19,22,29H,7-8,10-12H2,(H-,26,30,32,33)/t19-,22-/m1/s1. The number of nitrogens with zero attached hydrogens (tertiary/aromatic N) is 2. The molecule has 13 heteroatoms. The van der Waals surface area contributed by atoms with Crippen LogP contribution in [0.3, 0.4) is 0 Å². The number of thioether (sulfide) groups is 3. The summed E-state index contributed by atoms with van der Waals surface area (Å²) >= 11 is 16.2. The molecule has 1 aromatic heterocycles. The van der Waals surface area contributed by atoms with E-state index in [9.17, 15) is 19.5 Å². The van der Waals surface area contributed by atoms with Gasteiger partial charge in [-0.3, -0.25) is 14.5 Å². The van der Waals surface area contributed by atoms with E-state index in [1.807, 2.05) is 29.1 Å². The molecule has 2 aliphatic heterocycles. The number of hydrogen-bond donors (Lipinski definition) is 2. The van der Waals surface area contributed by atoms with E-state index in [1.165, 1.54) is 40.2 Å². The highest BCUT2D eigenvalue weighted by Gasteiger charge is 2.52. The Bertz CT molecular complexity index is 1210. The van der Waals surface area contributed by atoms with Gasteiger partial charge in [0.25, 0.3) is 5.91 Å². The zero-order valence-corrected chi connectivity index (χ0v) is 22.6. The quantitative estimate of drug-likeness (QED) is 0.245. The maximum atomic E-state index is 12.8. The summed E-state index contributed by atoms with van der Waals surface area (Å²) < 4.78 is 1.84. The molecule has 0 aliphatic carbocycles. The molecule has 1 fully saturated rings. The number of aromatic nitrogens is 1. The number of aliphatic hydroxyl groups is 1. The summed E-state index contributed by atoms with van der Waals surface area (Å²) in [6, 6.07) is 7.91. The number of benzene rings is 1. The number of carboxylic acids is 1. The second-order valence-electron chi connectivity index (χ2n) is 7.84. The fraction of sp³-hybridized carbons (Fsp3) is 0.304. The zero-order valence-electron chi connectivity index (χ0n) is 18.7. The van der Waals surface area contributed by atoms with Crippen LogP contribution in [0.4, 0.5) is 0 Å². The first-order valence-electron chi connectivity index (χ1n) is 10.8. The minimum Gasteiger partial charge on any atom is -0.543 e. The Hall–Kier alpha value is -1.89. The van der Waals surface area contributed by atoms with Crippen molar-refractivity contribution in [1.29, 1.82) is 0 Å². The van der Waals surface area contributed by atoms with Gasteiger partial charge in [-0.05, 0) is 23.8 Å². The van der Waals surface area contributed by atoms with Gasteiger partial charge in [0, 0.05) is 38.5 Å². The number of carbonyl (C=O) groups is 3. The summed E-state index contributed by atoms with van der Waals surface area (Å²) in [6.45, 7) is 0.530. The van der Waals surface area contributed by atoms with Crippen molar-refractivity contribution in [3.8, 4) is 0 Å². The van der Waals surface area contributed by atoms with Crippen LogP contribution in [0.5, 0.6) is 0 Å². The normalized spacial score (nSPS) is 19.1. The third-order valence-electron chi connectivity index (χ3n) is 5.44. The van der Waals surface area contributed by atoms with Gasteiger partial charge in [0.1, 0.15) is 18.0 Å². The summed E-state index contributed by atoms with van der Waals surface area (Å²) in [5.74, 6) is -1.43. The van der Waals surface area contributed by atoms with Crippen molar-refractivity contribution in [2.45, 2.75) is 27.8 Å². The van der Waals surface area contributed by atoms with E-state index in [4.69, 9.17) is 28.3 Å². The Morgan fingerprint density at radius 1 is 1.22 bits per heavy atom. The average molecular weight is 587 g/mol. The van der Waals surface area contributed by atoms with E-state index in [0.717, 1.165) is 4.90 Å². The molecule has 1 aromatic carbocycles. The van der Waals surface area contributed by atoms with Gasteiger partial charge in [-0.25, -0.2) is 4.57 Å². The lowest BCUT2D eigenvalue weighted by molar-refractivity contribution is -0.698. The largest absolute Gasteiger partial charge is 0.543 e. The Kier molecular flexibility index (Phi) is 9.13. The molecule has 2 N–H and O–H groups in total. The highest BCUT2D eigenvalue weighted by Crippen LogP contribution is 2.41. The first kappa shape index (κ1) is 27.2. The van der Waals surface area contributed by atoms with Crippen LogP contribution >= 0.6 is 58.5 Å². The molecule has 4 rings (SSSR count). The third kappa shape index (κ3) is 6.15. The van der Waals surface area contributed by atoms with Gasteiger partial charge < -0.3 is 20.3 Å². The number of rotatable bonds is 10. The summed E-state index contributed by atoms with van der Waals surface area (Å²) in [5.41, 5.74) is 0.478. The third-order valence-corrected chi connectivity index (χ3v) is 9.61. The molecule has 2 aromatic rings. The molecule has 2 aliphatic rings. The monoisotopic (exact) mass is 585 g/mol. The first-order valence-corrected chi connectivity index (χ1v) is 14.5. The van der Waals surface area contributed by atoms with E-state index in [-0.39, 0.29) is 24.0 Å². The maximum absolute atomic E-state index is 12.8. The first-order chi connectivity index (χ1) is 17.3. The van der Waals surface area contributed by atoms with Gasteiger partial charge in [0.05, 0.1) is 22.4 Å². The summed E-state index contributed by atoms with van der Waals surface area (Å²) in [5, 5.41) is 24.1. The number of hydrogen-bond acceptors (Lipinski definition) is 8. The number of pyridine rings is 1. The molecular formula is C23H21Cl2N3O5S3. The second-order valence-corrected chi connectivity index (χ2v) is 11.9. The fourth-order valence-corrected chi connectivity index (χ4v) is 7.38. The Balaban J connectivity index is 1.37. The molecule has 0 spiro atoms. The van der Waals surface area contributed by atoms with Crippen LogP contribution in [-0.4, -0.2) is 63.1 Å². The van der Waals surface area contributed by atoms with E-state index in [1.54, 1.807) is 18.2 Å². The summed E-state index contributed by atoms with van der Waals surface area (Å²) in [4.78, 5) is 40.1. The van der Waals surface area contributed by atoms with E-state index >= 15 is 0 Å². The molecule has 2 atom stereocenters. The molecule has 36 heavy (non-hydrogen) atoms. The lowest BCUT2D eigenvalue weighted by Gasteiger charge is -2.50. The molecule has 0 saturated carbocycles. The lowest BCUT2D eigenvalue weighted by Crippen LogP contribution is -2.71. The number of aliphatic carboxylic acids is 1. The number of aliphatic hydroxyl groups excluding tert-OH is 1. The SMILES string of the molecule is O=C(CSc1cc(Cl)ccc1Cl)N[C@@H]1C(=O)N2C(C(=O)[O-])=C(CSc3cc[n+](CCO)cc3)CS[C@H]12. The molecule has 3 heterocycles. The Morgan fingerprint density at radius 3 is 2.67 bits per heavy atom. The minimum atomic E-state index is -1.41. The molecule has 0 radical (unpaired) electrons. The molecule has 1 saturated heterocycles. The molecule has 2 amide bonds. The van der Waals surface area contributed by atoms with Gasteiger partial charge in [0.2, 0.25) is 5.91 Å². The number of β-lactam (4-membered cyclic amide) rings is 1. The van der Waals surface area contributed by atoms with Crippen LogP contribution in [0.25, 0.3) is 0 Å². The van der Waals surface area contributed by atoms with Crippen molar-refractivity contribution < 1.29 is 29.2 Å². The molecule has 0 bridgehead atoms. The van der Waals surface area contributed by atoms with Crippen molar-refractivity contribution >= 4 is 76.3 Å². The van der Waals surface area contributed by atoms with Crippen molar-refractivity contribution in [2.75, 3.05) is 23.9 Å². The number of carbonyl (C=O) groups excluding carboxylic acids is 3. The Labute approximate surface area is 230 Å². The smallest absolute Gasteiger partial charge is 0.253 e. The average Bonchev–Trinajstić information content (AvgIpc) is 2.86. The van der Waals surface area contributed by atoms with Crippen LogP contribution in [0.15, 0.2) is 63.8 Å². The molecule has 8 nitrogen and oxygen atoms in total. The predicted molar refractivity (Wildman–Crippen MR) is 139 cm³/mol. The minimum absolute atomic E-state index is 0.0294. The molecule has 0 unspecified atom stereocenters. The lowest BCUT2D eigenvalue weighted by atomic mass is 10.0. The topological polar surface area (TPSA) is 114 Å². The second kappa shape index (κ2) is 12.1. The number of nitrogens with one attached hydrogen (secondary N) is 1. The number of carboxylic acid groups (broad SMARTS) is 1. The zero-order chi connectivity index (χ0) is 25.8. The highest BCUT2D eigenvalue weighted by atomic mass is 35.5. The van der Waals surface area contributed by atoms with Crippen molar-refractivity contribution in [2.24, 2.45) is 0 Å². The van der Waals surface area contributed by atoms with Crippen LogP contribution in [0.1, 0.15) is 0 Å². The number of amides is 2. The number of fused-ring (bicyclic) bond motifs is 1. The van der Waals surface area contributed by atoms with Gasteiger partial charge in [-0.2, -0.15) is 0 Å². The summed E-state index contributed by atoms with van der Waals surface area (Å²) in [7, 11) is 0. The van der Waals surface area contributed by atoms with Gasteiger partial charge in [0.15, 0.2) is 18.9 Å². The predicted octanol–water partition coefficient (Wildman–Crippen LogP) is 1.56. The van der Waals surface area contributed by atoms with Crippen LogP contribution < -0.4 is 15.0 Å². The molecular weight excluding hydrogens is 565 g/mol. The van der Waals surface area contributed by atoms with Gasteiger partial charge in [-0.1, -0.05) is 23.2 Å². The maximum Gasteiger partial charge on any atom is 0.253 e. The summed E-state index contributed by atoms with van der Waals surface area (Å²) in [6.07, 6.45) is 3.67. The van der Waals surface area contributed by atoms with Crippen LogP contribution in [-0.2, 0) is 20.9 Å². The highest BCUT2D eigenvalue weighted by molar-refractivity contribution is 8.01. The molecule has 190 valence electrons. The number of halogens is 2. The van der Waals surface area contributed by atoms with Gasteiger partial charge in [-0.15, -0.1) is 35.3 Å². The van der Waals surface area contributed by atoms with Crippen molar-refractivity contribution in [1.82, 2.24) is 10.2 Å². The van der Waals surface area contributed by atoms with Crippen LogP contribution in [0, 0.1) is 0 Å². The van der Waals surface area contributed by atoms with E-state index in [0.29, 0.717) is 38.6 Å². The van der Waals surface area contributed by atoms with Crippen LogP contribution in [0.2, 0.25) is 10.0 Å². The van der Waals surface area contributed by atoms with Crippen molar-refractivity contribution in [3.63, 3.8) is 0 Å².